The molecule has 0 saturated heterocycles. The van der Waals surface area contributed by atoms with Crippen LogP contribution in [0.2, 0.25) is 0 Å². The molecule has 0 N–H and O–H groups in total. The predicted molar refractivity (Wildman–Crippen MR) is 119 cm³/mol. The third-order valence-corrected chi connectivity index (χ3v) is 5.32. The lowest BCUT2D eigenvalue weighted by molar-refractivity contribution is 0.0583. The highest BCUT2D eigenvalue weighted by Crippen LogP contribution is 2.19. The molecule has 6 unspecified atom stereocenters. The van der Waals surface area contributed by atoms with E-state index in [1.807, 2.05) is 0 Å². The van der Waals surface area contributed by atoms with Crippen LogP contribution in [0.5, 0.6) is 0 Å². The van der Waals surface area contributed by atoms with E-state index in [4.69, 9.17) is 13.6 Å². The Morgan fingerprint density at radius 2 is 0.800 bits per heavy atom. The quantitative estimate of drug-likeness (QED) is 0.356. The molecule has 7 heteroatoms. The van der Waals surface area contributed by atoms with Crippen molar-refractivity contribution in [3.05, 3.63) is 0 Å². The lowest BCUT2D eigenvalue weighted by atomic mass is 10.0. The molecule has 0 saturated carbocycles. The Morgan fingerprint density at radius 3 is 0.960 bits per heavy atom. The molecular weight excluding hydrogens is 371 g/mol. The van der Waals surface area contributed by atoms with Crippen LogP contribution in [0.15, 0.2) is 0 Å². The number of hydrogen-bond donors (Lipinski definition) is 0. The molecular formula is C18H42NO3P3. The van der Waals surface area contributed by atoms with Gasteiger partial charge in [0, 0.05) is 48.0 Å². The van der Waals surface area contributed by atoms with E-state index in [9.17, 15) is 0 Å². The van der Waals surface area contributed by atoms with E-state index in [1.54, 1.807) is 0 Å². The van der Waals surface area contributed by atoms with Crippen molar-refractivity contribution in [3.63, 3.8) is 0 Å². The number of rotatable bonds is 15. The van der Waals surface area contributed by atoms with Gasteiger partial charge >= 0.3 is 0 Å². The molecule has 0 bridgehead atoms. The van der Waals surface area contributed by atoms with Gasteiger partial charge in [0.2, 0.25) is 0 Å². The van der Waals surface area contributed by atoms with Crippen LogP contribution in [0.3, 0.4) is 0 Å². The average molecular weight is 413 g/mol. The van der Waals surface area contributed by atoms with E-state index in [1.165, 1.54) is 0 Å². The second-order valence-electron chi connectivity index (χ2n) is 8.38. The molecule has 25 heavy (non-hydrogen) atoms. The maximum Gasteiger partial charge on any atom is 0.0740 e. The Bertz CT molecular complexity index is 272. The van der Waals surface area contributed by atoms with Gasteiger partial charge in [-0.05, 0) is 37.0 Å². The van der Waals surface area contributed by atoms with Gasteiger partial charge in [-0.1, -0.05) is 41.5 Å². The minimum absolute atomic E-state index is 0.207. The van der Waals surface area contributed by atoms with E-state index < -0.39 is 0 Å². The highest BCUT2D eigenvalue weighted by Gasteiger charge is 2.23. The summed E-state index contributed by atoms with van der Waals surface area (Å²) in [5.74, 6) is 1.84. The van der Waals surface area contributed by atoms with Crippen LogP contribution in [0.4, 0.5) is 0 Å². The SMILES string of the molecule is CC(C)CC(CN(CC(CC(C)C)OP)CC(CC(C)C)OP)OP. The van der Waals surface area contributed by atoms with Crippen LogP contribution >= 0.6 is 28.4 Å². The van der Waals surface area contributed by atoms with E-state index in [2.05, 4.69) is 74.8 Å². The van der Waals surface area contributed by atoms with Crippen LogP contribution in [0.1, 0.15) is 60.8 Å². The zero-order chi connectivity index (χ0) is 19.4. The largest absolute Gasteiger partial charge is 0.361 e. The predicted octanol–water partition coefficient (Wildman–Crippen LogP) is 4.95. The number of hydrogen-bond acceptors (Lipinski definition) is 4. The van der Waals surface area contributed by atoms with Gasteiger partial charge in [0.05, 0.1) is 18.3 Å². The Labute approximate surface area is 163 Å². The van der Waals surface area contributed by atoms with Crippen LogP contribution in [0, 0.1) is 17.8 Å². The van der Waals surface area contributed by atoms with E-state index in [0.29, 0.717) is 17.8 Å². The van der Waals surface area contributed by atoms with Crippen molar-refractivity contribution < 1.29 is 13.6 Å². The summed E-state index contributed by atoms with van der Waals surface area (Å²) in [6, 6.07) is 0. The summed E-state index contributed by atoms with van der Waals surface area (Å²) in [5.41, 5.74) is 0. The Morgan fingerprint density at radius 1 is 0.560 bits per heavy atom. The molecule has 0 aromatic carbocycles. The van der Waals surface area contributed by atoms with Crippen molar-refractivity contribution in [3.8, 4) is 0 Å². The van der Waals surface area contributed by atoms with Crippen molar-refractivity contribution in [2.45, 2.75) is 79.1 Å². The normalized spacial score (nSPS) is 16.2. The van der Waals surface area contributed by atoms with Gasteiger partial charge in [-0.25, -0.2) is 0 Å². The molecule has 0 amide bonds. The zero-order valence-corrected chi connectivity index (χ0v) is 20.6. The smallest absolute Gasteiger partial charge is 0.0740 e. The fourth-order valence-electron chi connectivity index (χ4n) is 3.18. The summed E-state index contributed by atoms with van der Waals surface area (Å²) in [6.45, 7) is 16.1. The summed E-state index contributed by atoms with van der Waals surface area (Å²) >= 11 is 0. The highest BCUT2D eigenvalue weighted by atomic mass is 31.0. The molecule has 0 aliphatic heterocycles. The van der Waals surface area contributed by atoms with Gasteiger partial charge in [0.25, 0.3) is 0 Å². The van der Waals surface area contributed by atoms with Crippen molar-refractivity contribution in [1.29, 1.82) is 0 Å². The van der Waals surface area contributed by atoms with E-state index in [-0.39, 0.29) is 18.3 Å². The Kier molecular flexibility index (Phi) is 15.8. The first-order valence-corrected chi connectivity index (χ1v) is 10.9. The summed E-state index contributed by atoms with van der Waals surface area (Å²) < 4.78 is 17.0. The molecule has 0 fully saturated rings. The zero-order valence-electron chi connectivity index (χ0n) is 17.1. The third kappa shape index (κ3) is 13.9. The maximum absolute atomic E-state index is 5.67. The van der Waals surface area contributed by atoms with Crippen molar-refractivity contribution in [2.24, 2.45) is 17.8 Å². The monoisotopic (exact) mass is 413 g/mol. The molecule has 0 radical (unpaired) electrons. The molecule has 0 heterocycles. The molecule has 152 valence electrons. The maximum atomic E-state index is 5.67. The first-order valence-electron chi connectivity index (χ1n) is 9.50. The Hall–Kier alpha value is 1.13. The summed E-state index contributed by atoms with van der Waals surface area (Å²) in [4.78, 5) is 2.45. The Balaban J connectivity index is 4.99. The van der Waals surface area contributed by atoms with E-state index in [0.717, 1.165) is 38.9 Å². The standard InChI is InChI=1S/C18H42NO3P3/c1-13(2)7-16(20-23)10-19(11-17(21-24)8-14(3)4)12-18(22-25)9-15(5)6/h13-18H,7-12,23-25H2,1-6H3. The lowest BCUT2D eigenvalue weighted by Gasteiger charge is -2.33. The second kappa shape index (κ2) is 15.1. The first kappa shape index (κ1) is 26.1. The molecule has 4 nitrogen and oxygen atoms in total. The fourth-order valence-corrected chi connectivity index (χ4v) is 3.78. The van der Waals surface area contributed by atoms with Gasteiger partial charge in [-0.15, -0.1) is 0 Å². The van der Waals surface area contributed by atoms with Gasteiger partial charge in [-0.2, -0.15) is 0 Å². The second-order valence-corrected chi connectivity index (χ2v) is 9.20. The van der Waals surface area contributed by atoms with Crippen molar-refractivity contribution >= 4 is 28.4 Å². The van der Waals surface area contributed by atoms with Gasteiger partial charge in [0.1, 0.15) is 0 Å². The number of nitrogens with zero attached hydrogens (tertiary/aromatic N) is 1. The summed E-state index contributed by atoms with van der Waals surface area (Å²) in [7, 11) is 7.33. The molecule has 0 aliphatic rings. The molecule has 6 atom stereocenters. The summed E-state index contributed by atoms with van der Waals surface area (Å²) in [6.07, 6.45) is 3.77. The molecule has 0 rings (SSSR count). The molecule has 0 spiro atoms. The van der Waals surface area contributed by atoms with E-state index >= 15 is 0 Å². The molecule has 0 aromatic rings. The summed E-state index contributed by atoms with van der Waals surface area (Å²) in [5, 5.41) is 0. The molecule has 0 aliphatic carbocycles. The van der Waals surface area contributed by atoms with Gasteiger partial charge < -0.3 is 13.6 Å². The van der Waals surface area contributed by atoms with Gasteiger partial charge in [0.15, 0.2) is 0 Å². The minimum atomic E-state index is 0.207. The van der Waals surface area contributed by atoms with Crippen LogP contribution < -0.4 is 0 Å². The topological polar surface area (TPSA) is 30.9 Å². The van der Waals surface area contributed by atoms with Crippen LogP contribution in [-0.2, 0) is 13.6 Å². The molecule has 0 aromatic heterocycles. The average Bonchev–Trinajstić information content (AvgIpc) is 2.51. The first-order chi connectivity index (χ1) is 11.7. The minimum Gasteiger partial charge on any atom is -0.361 e. The van der Waals surface area contributed by atoms with Crippen LogP contribution in [-0.4, -0.2) is 42.8 Å². The fraction of sp³-hybridized carbons (Fsp3) is 1.00. The van der Waals surface area contributed by atoms with Crippen molar-refractivity contribution in [2.75, 3.05) is 19.6 Å². The third-order valence-electron chi connectivity index (χ3n) is 4.17. The highest BCUT2D eigenvalue weighted by molar-refractivity contribution is 7.10. The van der Waals surface area contributed by atoms with Crippen LogP contribution in [0.25, 0.3) is 0 Å². The van der Waals surface area contributed by atoms with Gasteiger partial charge in [-0.3, -0.25) is 4.90 Å². The lowest BCUT2D eigenvalue weighted by Crippen LogP contribution is -2.43. The van der Waals surface area contributed by atoms with Crippen molar-refractivity contribution in [1.82, 2.24) is 4.90 Å².